The number of nitrogens with one attached hydrogen (secondary N) is 4. The van der Waals surface area contributed by atoms with Gasteiger partial charge in [-0.05, 0) is 67.6 Å². The van der Waals surface area contributed by atoms with Crippen LogP contribution in [0.5, 0.6) is 0 Å². The van der Waals surface area contributed by atoms with E-state index in [0.717, 1.165) is 18.4 Å². The zero-order valence-corrected chi connectivity index (χ0v) is 27.7. The van der Waals surface area contributed by atoms with Crippen molar-refractivity contribution in [3.8, 4) is 0 Å². The molecule has 7 atom stereocenters. The van der Waals surface area contributed by atoms with Crippen LogP contribution in [0.15, 0.2) is 60.7 Å². The third-order valence-electron chi connectivity index (χ3n) is 10.4. The van der Waals surface area contributed by atoms with Gasteiger partial charge in [-0.15, -0.1) is 0 Å². The van der Waals surface area contributed by atoms with Gasteiger partial charge in [0.1, 0.15) is 18.1 Å². The van der Waals surface area contributed by atoms with Gasteiger partial charge in [0.15, 0.2) is 0 Å². The summed E-state index contributed by atoms with van der Waals surface area (Å²) in [5, 5.41) is 11.3. The second kappa shape index (κ2) is 13.6. The van der Waals surface area contributed by atoms with Gasteiger partial charge in [0, 0.05) is 12.0 Å². The Kier molecular flexibility index (Phi) is 9.93. The van der Waals surface area contributed by atoms with Gasteiger partial charge in [-0.25, -0.2) is 0 Å². The predicted octanol–water partition coefficient (Wildman–Crippen LogP) is 3.06. The highest BCUT2D eigenvalue weighted by atomic mass is 16.7. The van der Waals surface area contributed by atoms with Crippen molar-refractivity contribution in [1.82, 2.24) is 21.3 Å². The topological polar surface area (TPSA) is 135 Å². The van der Waals surface area contributed by atoms with E-state index in [1.165, 1.54) is 0 Å². The number of benzene rings is 2. The molecular formula is C35H47BN4O6. The van der Waals surface area contributed by atoms with Crippen molar-refractivity contribution in [2.45, 2.75) is 90.6 Å². The third-order valence-corrected chi connectivity index (χ3v) is 10.4. The average Bonchev–Trinajstić information content (AvgIpc) is 3.38. The van der Waals surface area contributed by atoms with Crippen LogP contribution in [-0.4, -0.2) is 67.0 Å². The Bertz CT molecular complexity index is 1420. The quantitative estimate of drug-likeness (QED) is 0.267. The van der Waals surface area contributed by atoms with E-state index < -0.39 is 37.1 Å². The lowest BCUT2D eigenvalue weighted by Gasteiger charge is -2.64. The van der Waals surface area contributed by atoms with Gasteiger partial charge in [0.2, 0.25) is 17.7 Å². The van der Waals surface area contributed by atoms with Crippen molar-refractivity contribution >= 4 is 30.7 Å². The normalized spacial score (nSPS) is 26.2. The lowest BCUT2D eigenvalue weighted by molar-refractivity contribution is -0.199. The smallest absolute Gasteiger partial charge is 0.404 e. The van der Waals surface area contributed by atoms with E-state index in [1.54, 1.807) is 31.2 Å². The molecule has 4 amide bonds. The fourth-order valence-corrected chi connectivity index (χ4v) is 7.42. The zero-order valence-electron chi connectivity index (χ0n) is 27.7. The Labute approximate surface area is 272 Å². The van der Waals surface area contributed by atoms with Crippen molar-refractivity contribution in [3.63, 3.8) is 0 Å². The summed E-state index contributed by atoms with van der Waals surface area (Å²) < 4.78 is 12.6. The standard InChI is InChI=1S/C35H47BN4O6/c1-21(2)29(40-31(42)24-15-11-8-12-16-24)33(44)39-26(17-23-13-9-7-10-14-23)32(43)38-22(3)30(41)37-20-36-45-28-19-25-18-27(34(25,4)5)35(28,6)46-36/h7-16,21-22,25-29H,17-20H2,1-6H3,(H,37,41)(H,38,43)(H,39,44)(H,40,42)/t22-,25-,26?,27?,28+,29?,35-/m0/s1. The first-order valence-corrected chi connectivity index (χ1v) is 16.4. The van der Waals surface area contributed by atoms with Crippen molar-refractivity contribution in [2.24, 2.45) is 23.2 Å². The highest BCUT2D eigenvalue weighted by molar-refractivity contribution is 6.46. The molecular weight excluding hydrogens is 583 g/mol. The Morgan fingerprint density at radius 1 is 0.848 bits per heavy atom. The molecule has 2 bridgehead atoms. The maximum Gasteiger partial charge on any atom is 0.478 e. The number of hydrogen-bond donors (Lipinski definition) is 4. The van der Waals surface area contributed by atoms with Crippen molar-refractivity contribution in [2.75, 3.05) is 6.44 Å². The predicted molar refractivity (Wildman–Crippen MR) is 175 cm³/mol. The van der Waals surface area contributed by atoms with Crippen LogP contribution in [0.1, 0.15) is 70.3 Å². The molecule has 10 nitrogen and oxygen atoms in total. The molecule has 4 fully saturated rings. The molecule has 3 saturated carbocycles. The molecule has 0 aromatic heterocycles. The molecule has 1 saturated heterocycles. The molecule has 46 heavy (non-hydrogen) atoms. The average molecular weight is 631 g/mol. The summed E-state index contributed by atoms with van der Waals surface area (Å²) >= 11 is 0. The fraction of sp³-hybridized carbons (Fsp3) is 0.543. The number of hydrogen-bond acceptors (Lipinski definition) is 6. The van der Waals surface area contributed by atoms with E-state index >= 15 is 0 Å². The van der Waals surface area contributed by atoms with Crippen LogP contribution in [0, 0.1) is 23.2 Å². The van der Waals surface area contributed by atoms with Crippen LogP contribution in [0.25, 0.3) is 0 Å². The van der Waals surface area contributed by atoms with E-state index in [0.29, 0.717) is 17.4 Å². The van der Waals surface area contributed by atoms with Crippen molar-refractivity contribution < 1.29 is 28.5 Å². The molecule has 4 aliphatic rings. The molecule has 2 aromatic rings. The SMILES string of the molecule is CC(C)C(NC(=O)c1ccccc1)C(=O)NC(Cc1ccccc1)C(=O)N[C@@H](C)C(=O)NCB1O[C@@H]2C[C@@H]3CC(C3(C)C)[C@]2(C)O1. The minimum Gasteiger partial charge on any atom is -0.404 e. The first-order chi connectivity index (χ1) is 21.8. The van der Waals surface area contributed by atoms with Crippen LogP contribution in [0.3, 0.4) is 0 Å². The van der Waals surface area contributed by atoms with Crippen LogP contribution in [0.2, 0.25) is 0 Å². The Balaban J connectivity index is 1.19. The second-order valence-corrected chi connectivity index (χ2v) is 14.2. The lowest BCUT2D eigenvalue weighted by atomic mass is 9.43. The molecule has 6 rings (SSSR count). The highest BCUT2D eigenvalue weighted by Gasteiger charge is 2.67. The van der Waals surface area contributed by atoms with Gasteiger partial charge in [0.05, 0.1) is 18.1 Å². The molecule has 0 spiro atoms. The molecule has 2 aromatic carbocycles. The monoisotopic (exact) mass is 630 g/mol. The summed E-state index contributed by atoms with van der Waals surface area (Å²) in [6, 6.07) is 15.2. The summed E-state index contributed by atoms with van der Waals surface area (Å²) in [7, 11) is -0.554. The summed E-state index contributed by atoms with van der Waals surface area (Å²) in [6.07, 6.45) is 2.48. The molecule has 246 valence electrons. The number of rotatable bonds is 12. The largest absolute Gasteiger partial charge is 0.478 e. The van der Waals surface area contributed by atoms with E-state index in [1.807, 2.05) is 50.2 Å². The molecule has 1 aliphatic heterocycles. The summed E-state index contributed by atoms with van der Waals surface area (Å²) in [5.74, 6) is -0.965. The molecule has 0 radical (unpaired) electrons. The number of amides is 4. The van der Waals surface area contributed by atoms with E-state index in [-0.39, 0.29) is 47.7 Å². The van der Waals surface area contributed by atoms with E-state index in [9.17, 15) is 19.2 Å². The molecule has 11 heteroatoms. The number of carbonyl (C=O) groups excluding carboxylic acids is 4. The first kappa shape index (κ1) is 33.7. The molecule has 3 unspecified atom stereocenters. The van der Waals surface area contributed by atoms with Crippen LogP contribution < -0.4 is 21.3 Å². The first-order valence-electron chi connectivity index (χ1n) is 16.4. The van der Waals surface area contributed by atoms with E-state index in [4.69, 9.17) is 9.31 Å². The van der Waals surface area contributed by atoms with Gasteiger partial charge in [0.25, 0.3) is 5.91 Å². The summed E-state index contributed by atoms with van der Waals surface area (Å²) in [6.45, 7) is 12.0. The second-order valence-electron chi connectivity index (χ2n) is 14.2. The maximum absolute atomic E-state index is 13.6. The third kappa shape index (κ3) is 7.00. The Hall–Kier alpha value is -3.70. The van der Waals surface area contributed by atoms with Crippen LogP contribution >= 0.6 is 0 Å². The number of carbonyl (C=O) groups is 4. The van der Waals surface area contributed by atoms with E-state index in [2.05, 4.69) is 42.0 Å². The Morgan fingerprint density at radius 2 is 1.50 bits per heavy atom. The molecule has 1 heterocycles. The Morgan fingerprint density at radius 3 is 2.13 bits per heavy atom. The van der Waals surface area contributed by atoms with Crippen LogP contribution in [0.4, 0.5) is 0 Å². The molecule has 3 aliphatic carbocycles. The molecule has 4 N–H and O–H groups in total. The fourth-order valence-electron chi connectivity index (χ4n) is 7.42. The summed E-state index contributed by atoms with van der Waals surface area (Å²) in [5.41, 5.74) is 1.12. The highest BCUT2D eigenvalue weighted by Crippen LogP contribution is 2.65. The van der Waals surface area contributed by atoms with Gasteiger partial charge in [-0.1, -0.05) is 76.2 Å². The van der Waals surface area contributed by atoms with Gasteiger partial charge >= 0.3 is 7.12 Å². The van der Waals surface area contributed by atoms with Crippen LogP contribution in [-0.2, 0) is 30.1 Å². The zero-order chi connectivity index (χ0) is 33.2. The van der Waals surface area contributed by atoms with Gasteiger partial charge in [-0.2, -0.15) is 0 Å². The lowest BCUT2D eigenvalue weighted by Crippen LogP contribution is -2.65. The summed E-state index contributed by atoms with van der Waals surface area (Å²) in [4.78, 5) is 53.0. The van der Waals surface area contributed by atoms with Gasteiger partial charge in [-0.3, -0.25) is 19.2 Å². The maximum atomic E-state index is 13.6. The van der Waals surface area contributed by atoms with Crippen molar-refractivity contribution in [3.05, 3.63) is 71.8 Å². The minimum absolute atomic E-state index is 0.0119. The van der Waals surface area contributed by atoms with Gasteiger partial charge < -0.3 is 30.6 Å². The minimum atomic E-state index is -0.987. The van der Waals surface area contributed by atoms with Crippen molar-refractivity contribution in [1.29, 1.82) is 0 Å².